The second kappa shape index (κ2) is 11.9. The minimum atomic E-state index is -1.55. The Balaban J connectivity index is 0.00000380. The van der Waals surface area contributed by atoms with E-state index in [9.17, 15) is 24.3 Å². The number of thioether (sulfide) groups is 1. The van der Waals surface area contributed by atoms with Gasteiger partial charge in [-0.3, -0.25) is 19.3 Å². The maximum atomic E-state index is 12.9. The third-order valence-corrected chi connectivity index (χ3v) is 7.00. The number of hydrogen-bond donors (Lipinski definition) is 3. The van der Waals surface area contributed by atoms with Gasteiger partial charge in [0.25, 0.3) is 11.8 Å². The normalized spacial score (nSPS) is 19.2. The molecule has 2 aliphatic rings. The first-order valence-corrected chi connectivity index (χ1v) is 12.1. The van der Waals surface area contributed by atoms with Gasteiger partial charge in [-0.15, -0.1) is 23.1 Å². The van der Waals surface area contributed by atoms with Crippen LogP contribution in [-0.4, -0.2) is 68.7 Å². The molecule has 0 unspecified atom stereocenters. The van der Waals surface area contributed by atoms with Gasteiger partial charge < -0.3 is 36.0 Å². The molecule has 17 heteroatoms. The Morgan fingerprint density at radius 2 is 2.16 bits per heavy atom. The van der Waals surface area contributed by atoms with Crippen LogP contribution < -0.4 is 51.4 Å². The molecule has 2 aromatic rings. The summed E-state index contributed by atoms with van der Waals surface area (Å²) in [5.41, 5.74) is 11.0. The van der Waals surface area contributed by atoms with Crippen LogP contribution in [0, 0.1) is 0 Å². The second-order valence-electron chi connectivity index (χ2n) is 7.41. The molecule has 0 bridgehead atoms. The summed E-state index contributed by atoms with van der Waals surface area (Å²) < 4.78 is 5.08. The Labute approximate surface area is 239 Å². The summed E-state index contributed by atoms with van der Waals surface area (Å²) in [4.78, 5) is 58.3. The van der Waals surface area contributed by atoms with Crippen LogP contribution in [0.25, 0.3) is 6.08 Å². The molecule has 2 atom stereocenters. The molecule has 4 rings (SSSR count). The summed E-state index contributed by atoms with van der Waals surface area (Å²) in [7, 11) is 1.25. The topological polar surface area (TPSA) is 219 Å². The number of thiazole rings is 1. The van der Waals surface area contributed by atoms with Gasteiger partial charge in [-0.1, -0.05) is 16.4 Å². The SMILES string of the molecule is CO/N=C(\C(=O)N[C@@H]1C(=O)N2C(C(=O)[O-])=C(/C=C\c3cc(CC(N)=O)no3)CS[C@H]12)c1csc(N)n1.[Na+]. The Morgan fingerprint density at radius 1 is 1.41 bits per heavy atom. The fourth-order valence-corrected chi connectivity index (χ4v) is 5.38. The number of fused-ring (bicyclic) bond motifs is 1. The summed E-state index contributed by atoms with van der Waals surface area (Å²) >= 11 is 2.35. The van der Waals surface area contributed by atoms with Crippen molar-refractivity contribution >= 4 is 63.7 Å². The van der Waals surface area contributed by atoms with Crippen molar-refractivity contribution in [3.05, 3.63) is 45.9 Å². The number of nitrogens with two attached hydrogens (primary N) is 2. The first-order valence-electron chi connectivity index (χ1n) is 10.1. The number of hydrogen-bond acceptors (Lipinski definition) is 13. The number of rotatable bonds is 9. The van der Waals surface area contributed by atoms with Crippen LogP contribution in [0.4, 0.5) is 5.13 Å². The van der Waals surface area contributed by atoms with E-state index >= 15 is 0 Å². The number of carboxylic acid groups (broad SMARTS) is 1. The van der Waals surface area contributed by atoms with Crippen LogP contribution in [0.3, 0.4) is 0 Å². The van der Waals surface area contributed by atoms with E-state index in [1.165, 1.54) is 42.5 Å². The van der Waals surface area contributed by atoms with Crippen LogP contribution >= 0.6 is 23.1 Å². The molecule has 2 aliphatic heterocycles. The first kappa shape index (κ1) is 28.4. The molecule has 0 radical (unpaired) electrons. The molecule has 0 aliphatic carbocycles. The summed E-state index contributed by atoms with van der Waals surface area (Å²) in [6.45, 7) is 0. The molecule has 14 nitrogen and oxygen atoms in total. The van der Waals surface area contributed by atoms with E-state index < -0.39 is 35.1 Å². The molecule has 1 saturated heterocycles. The molecule has 1 fully saturated rings. The largest absolute Gasteiger partial charge is 1.00 e. The number of β-lactam (4-membered cyclic amide) rings is 1. The number of anilines is 1. The van der Waals surface area contributed by atoms with Gasteiger partial charge in [-0.25, -0.2) is 4.98 Å². The number of aliphatic carboxylic acids is 1. The second-order valence-corrected chi connectivity index (χ2v) is 9.41. The summed E-state index contributed by atoms with van der Waals surface area (Å²) in [6.07, 6.45) is 2.80. The standard InChI is InChI=1S/C20H19N7O7S2.Na/c1-33-26-13(11-7-36-20(22)23-11)16(29)24-14-17(30)27-15(19(31)32)8(6-35-18(14)27)2-3-10-4-9(25-34-10)5-12(21)28;/h2-4,7,14,18H,5-6H2,1H3,(H2,21,28)(H2,22,23)(H,24,29)(H,31,32);/q;+1/p-1/b3-2-,26-13-;/t14-,18-;/m1./s1. The molecular weight excluding hydrogens is 537 g/mol. The van der Waals surface area contributed by atoms with Crippen molar-refractivity contribution < 1.29 is 63.2 Å². The average molecular weight is 556 g/mol. The van der Waals surface area contributed by atoms with Crippen molar-refractivity contribution in [1.29, 1.82) is 0 Å². The van der Waals surface area contributed by atoms with Gasteiger partial charge in [0.1, 0.15) is 24.2 Å². The maximum Gasteiger partial charge on any atom is 1.00 e. The molecule has 3 amide bonds. The number of carbonyl (C=O) groups excluding carboxylic acids is 4. The number of allylic oxidation sites excluding steroid dienone is 1. The number of nitrogens with zero attached hydrogens (tertiary/aromatic N) is 4. The van der Waals surface area contributed by atoms with Gasteiger partial charge in [-0.2, -0.15) is 0 Å². The van der Waals surface area contributed by atoms with Crippen LogP contribution in [0.1, 0.15) is 17.1 Å². The van der Waals surface area contributed by atoms with Crippen molar-refractivity contribution in [2.75, 3.05) is 18.6 Å². The number of aromatic nitrogens is 2. The third kappa shape index (κ3) is 6.04. The van der Waals surface area contributed by atoms with E-state index in [1.54, 1.807) is 0 Å². The Kier molecular flexibility index (Phi) is 9.14. The van der Waals surface area contributed by atoms with Gasteiger partial charge in [0.15, 0.2) is 16.6 Å². The van der Waals surface area contributed by atoms with E-state index in [-0.39, 0.29) is 69.7 Å². The molecule has 0 saturated carbocycles. The Morgan fingerprint density at radius 3 is 2.78 bits per heavy atom. The molecule has 4 heterocycles. The fraction of sp³-hybridized carbons (Fsp3) is 0.250. The summed E-state index contributed by atoms with van der Waals surface area (Å²) in [5, 5.41) is 22.9. The molecule has 37 heavy (non-hydrogen) atoms. The smallest absolute Gasteiger partial charge is 0.543 e. The van der Waals surface area contributed by atoms with Crippen molar-refractivity contribution in [1.82, 2.24) is 20.4 Å². The summed E-state index contributed by atoms with van der Waals surface area (Å²) in [6, 6.07) is 0.473. The maximum absolute atomic E-state index is 12.9. The quantitative estimate of drug-likeness (QED) is 0.115. The predicted molar refractivity (Wildman–Crippen MR) is 126 cm³/mol. The van der Waals surface area contributed by atoms with Crippen molar-refractivity contribution in [2.24, 2.45) is 10.9 Å². The number of carbonyl (C=O) groups is 4. The fourth-order valence-electron chi connectivity index (χ4n) is 3.51. The van der Waals surface area contributed by atoms with Crippen molar-refractivity contribution in [3.8, 4) is 0 Å². The van der Waals surface area contributed by atoms with E-state index in [2.05, 4.69) is 20.6 Å². The van der Waals surface area contributed by atoms with Gasteiger partial charge in [0, 0.05) is 17.2 Å². The van der Waals surface area contributed by atoms with E-state index in [1.807, 2.05) is 0 Å². The number of nitrogens with one attached hydrogen (secondary N) is 1. The van der Waals surface area contributed by atoms with E-state index in [4.69, 9.17) is 20.8 Å². The van der Waals surface area contributed by atoms with Crippen LogP contribution in [0.2, 0.25) is 0 Å². The number of primary amides is 1. The third-order valence-electron chi connectivity index (χ3n) is 5.02. The van der Waals surface area contributed by atoms with Crippen molar-refractivity contribution in [3.63, 3.8) is 0 Å². The molecule has 5 N–H and O–H groups in total. The Hall–Kier alpha value is -3.18. The minimum absolute atomic E-state index is 0. The van der Waals surface area contributed by atoms with Gasteiger partial charge in [0.05, 0.1) is 23.8 Å². The summed E-state index contributed by atoms with van der Waals surface area (Å²) in [5.74, 6) is -3.04. The molecule has 0 aromatic carbocycles. The zero-order valence-corrected chi connectivity index (χ0v) is 23.1. The van der Waals surface area contributed by atoms with Crippen LogP contribution in [-0.2, 0) is 30.4 Å². The van der Waals surface area contributed by atoms with Crippen LogP contribution in [0.5, 0.6) is 0 Å². The first-order chi connectivity index (χ1) is 17.2. The molecular formula is C20H18N7NaO7S2. The van der Waals surface area contributed by atoms with E-state index in [0.717, 1.165) is 16.2 Å². The number of oxime groups is 1. The zero-order valence-electron chi connectivity index (χ0n) is 19.5. The van der Waals surface area contributed by atoms with Gasteiger partial charge in [0.2, 0.25) is 5.91 Å². The minimum Gasteiger partial charge on any atom is -0.543 e. The van der Waals surface area contributed by atoms with Gasteiger partial charge >= 0.3 is 29.6 Å². The van der Waals surface area contributed by atoms with Crippen molar-refractivity contribution in [2.45, 2.75) is 17.8 Å². The molecule has 0 spiro atoms. The zero-order chi connectivity index (χ0) is 26.0. The number of nitrogen functional groups attached to an aromatic ring is 1. The average Bonchev–Trinajstić information content (AvgIpc) is 3.46. The number of carboxylic acids is 1. The Bertz CT molecular complexity index is 1340. The van der Waals surface area contributed by atoms with E-state index in [0.29, 0.717) is 11.3 Å². The van der Waals surface area contributed by atoms with Crippen LogP contribution in [0.15, 0.2) is 38.5 Å². The number of amides is 3. The predicted octanol–water partition coefficient (Wildman–Crippen LogP) is -4.79. The molecule has 188 valence electrons. The van der Waals surface area contributed by atoms with Gasteiger partial charge in [-0.05, 0) is 11.6 Å². The monoisotopic (exact) mass is 555 g/mol. The molecule has 2 aromatic heterocycles.